The molecule has 0 bridgehead atoms. The van der Waals surface area contributed by atoms with Gasteiger partial charge in [0.05, 0.1) is 11.7 Å². The van der Waals surface area contributed by atoms with Crippen LogP contribution in [-0.4, -0.2) is 50.0 Å². The second-order valence-electron chi connectivity index (χ2n) is 7.41. The molecule has 1 saturated heterocycles. The first-order valence-corrected chi connectivity index (χ1v) is 9.64. The number of likely N-dealkylation sites (tertiary alicyclic amines) is 1. The Kier molecular flexibility index (Phi) is 4.98. The summed E-state index contributed by atoms with van der Waals surface area (Å²) in [6.07, 6.45) is 5.01. The van der Waals surface area contributed by atoms with Gasteiger partial charge < -0.3 is 20.6 Å². The molecule has 1 aliphatic rings. The van der Waals surface area contributed by atoms with E-state index in [9.17, 15) is 14.4 Å². The minimum Gasteiger partial charge on any atom is -0.361 e. The number of aromatic amines is 2. The minimum absolute atomic E-state index is 0.258. The molecule has 29 heavy (non-hydrogen) atoms. The summed E-state index contributed by atoms with van der Waals surface area (Å²) in [6, 6.07) is 6.45. The molecule has 5 N–H and O–H groups in total. The molecule has 2 atom stereocenters. The molecule has 0 unspecified atom stereocenters. The van der Waals surface area contributed by atoms with E-state index < -0.39 is 17.8 Å². The fraction of sp³-hybridized carbons (Fsp3) is 0.350. The summed E-state index contributed by atoms with van der Waals surface area (Å²) in [4.78, 5) is 44.7. The molecule has 0 saturated carbocycles. The van der Waals surface area contributed by atoms with Gasteiger partial charge in [-0.3, -0.25) is 15.0 Å². The Hall–Kier alpha value is -3.33. The van der Waals surface area contributed by atoms with Crippen molar-refractivity contribution >= 4 is 22.7 Å². The topological polar surface area (TPSA) is 129 Å². The first kappa shape index (κ1) is 19.0. The minimum atomic E-state index is -0.751. The van der Waals surface area contributed by atoms with Crippen LogP contribution in [-0.2, 0) is 16.0 Å². The van der Waals surface area contributed by atoms with Crippen molar-refractivity contribution in [1.29, 1.82) is 0 Å². The van der Waals surface area contributed by atoms with Crippen LogP contribution < -0.4 is 16.8 Å². The summed E-state index contributed by atoms with van der Waals surface area (Å²) in [5.74, 6) is -0.647. The van der Waals surface area contributed by atoms with Crippen LogP contribution in [0.2, 0.25) is 0 Å². The standard InChI is InChI=1S/C20H24N6O3/c1-12-10-23-20(29)26(12)24-18(27)17-7-4-8-25(17)19(28)15(21)9-13-11-22-16-6-3-2-5-14(13)16/h2-3,5-6,10-11,15,17,22H,4,7-9,21H2,1H3,(H,23,29)(H,24,27)/t15-,17+/m0/s1. The molecule has 9 nitrogen and oxygen atoms in total. The Morgan fingerprint density at radius 3 is 2.83 bits per heavy atom. The van der Waals surface area contributed by atoms with E-state index in [4.69, 9.17) is 5.73 Å². The molecular formula is C20H24N6O3. The fourth-order valence-corrected chi connectivity index (χ4v) is 3.92. The van der Waals surface area contributed by atoms with E-state index in [2.05, 4.69) is 15.4 Å². The number of hydrogen-bond acceptors (Lipinski definition) is 4. The summed E-state index contributed by atoms with van der Waals surface area (Å²) in [7, 11) is 0. The molecule has 1 aliphatic heterocycles. The van der Waals surface area contributed by atoms with E-state index in [1.807, 2.05) is 30.5 Å². The second kappa shape index (κ2) is 7.59. The average molecular weight is 396 g/mol. The largest absolute Gasteiger partial charge is 0.361 e. The predicted octanol–water partition coefficient (Wildman–Crippen LogP) is 0.597. The van der Waals surface area contributed by atoms with Gasteiger partial charge in [-0.25, -0.2) is 9.47 Å². The monoisotopic (exact) mass is 396 g/mol. The van der Waals surface area contributed by atoms with Gasteiger partial charge in [0, 0.05) is 29.8 Å². The fourth-order valence-electron chi connectivity index (χ4n) is 3.92. The second-order valence-corrected chi connectivity index (χ2v) is 7.41. The third-order valence-electron chi connectivity index (χ3n) is 5.45. The van der Waals surface area contributed by atoms with Gasteiger partial charge in [0.2, 0.25) is 5.91 Å². The van der Waals surface area contributed by atoms with Gasteiger partial charge in [-0.15, -0.1) is 0 Å². The molecular weight excluding hydrogens is 372 g/mol. The van der Waals surface area contributed by atoms with Gasteiger partial charge in [0.15, 0.2) is 0 Å². The van der Waals surface area contributed by atoms with Crippen LogP contribution in [0, 0.1) is 6.92 Å². The number of para-hydroxylation sites is 1. The van der Waals surface area contributed by atoms with Crippen LogP contribution in [0.4, 0.5) is 0 Å². The molecule has 1 fully saturated rings. The summed E-state index contributed by atoms with van der Waals surface area (Å²) in [5.41, 5.74) is 10.9. The summed E-state index contributed by atoms with van der Waals surface area (Å²) in [5, 5.41) is 1.04. The van der Waals surface area contributed by atoms with Gasteiger partial charge in [-0.2, -0.15) is 0 Å². The Bertz CT molecular complexity index is 1110. The highest BCUT2D eigenvalue weighted by Crippen LogP contribution is 2.22. The normalized spacial score (nSPS) is 17.6. The van der Waals surface area contributed by atoms with Crippen molar-refractivity contribution in [2.45, 2.75) is 38.3 Å². The Labute approximate surface area is 166 Å². The van der Waals surface area contributed by atoms with Crippen LogP contribution in [0.15, 0.2) is 41.5 Å². The Morgan fingerprint density at radius 2 is 2.07 bits per heavy atom. The number of nitrogens with one attached hydrogen (secondary N) is 3. The van der Waals surface area contributed by atoms with E-state index in [0.717, 1.165) is 21.1 Å². The van der Waals surface area contributed by atoms with E-state index in [1.54, 1.807) is 6.92 Å². The number of carbonyl (C=O) groups excluding carboxylic acids is 2. The van der Waals surface area contributed by atoms with Crippen molar-refractivity contribution in [3.05, 3.63) is 58.4 Å². The lowest BCUT2D eigenvalue weighted by Crippen LogP contribution is -2.52. The molecule has 152 valence electrons. The van der Waals surface area contributed by atoms with Crippen LogP contribution in [0.5, 0.6) is 0 Å². The van der Waals surface area contributed by atoms with Crippen molar-refractivity contribution < 1.29 is 9.59 Å². The number of amides is 2. The summed E-state index contributed by atoms with van der Waals surface area (Å²) >= 11 is 0. The maximum atomic E-state index is 13.0. The highest BCUT2D eigenvalue weighted by molar-refractivity contribution is 5.94. The van der Waals surface area contributed by atoms with Gasteiger partial charge in [-0.05, 0) is 37.8 Å². The lowest BCUT2D eigenvalue weighted by Gasteiger charge is -2.26. The number of hydrogen-bond donors (Lipinski definition) is 4. The highest BCUT2D eigenvalue weighted by atomic mass is 16.2. The number of imidazole rings is 1. The molecule has 0 aliphatic carbocycles. The van der Waals surface area contributed by atoms with E-state index in [1.165, 1.54) is 11.1 Å². The third-order valence-corrected chi connectivity index (χ3v) is 5.45. The average Bonchev–Trinajstić information content (AvgIpc) is 3.43. The lowest BCUT2D eigenvalue weighted by atomic mass is 10.0. The van der Waals surface area contributed by atoms with Crippen molar-refractivity contribution in [2.75, 3.05) is 12.0 Å². The van der Waals surface area contributed by atoms with Crippen LogP contribution in [0.3, 0.4) is 0 Å². The number of fused-ring (bicyclic) bond motifs is 1. The molecule has 3 heterocycles. The van der Waals surface area contributed by atoms with E-state index in [-0.39, 0.29) is 11.8 Å². The highest BCUT2D eigenvalue weighted by Gasteiger charge is 2.36. The number of aromatic nitrogens is 3. The van der Waals surface area contributed by atoms with Crippen LogP contribution in [0.25, 0.3) is 10.9 Å². The maximum absolute atomic E-state index is 13.0. The molecule has 0 spiro atoms. The lowest BCUT2D eigenvalue weighted by molar-refractivity contribution is -0.138. The van der Waals surface area contributed by atoms with Gasteiger partial charge in [-0.1, -0.05) is 18.2 Å². The summed E-state index contributed by atoms with van der Waals surface area (Å²) in [6.45, 7) is 2.17. The molecule has 3 aromatic rings. The van der Waals surface area contributed by atoms with Crippen molar-refractivity contribution in [2.24, 2.45) is 5.73 Å². The first-order chi connectivity index (χ1) is 14.0. The summed E-state index contributed by atoms with van der Waals surface area (Å²) < 4.78 is 1.15. The molecule has 2 amide bonds. The zero-order valence-electron chi connectivity index (χ0n) is 16.1. The molecule has 2 aromatic heterocycles. The smallest absolute Gasteiger partial charge is 0.344 e. The molecule has 1 aromatic carbocycles. The van der Waals surface area contributed by atoms with Gasteiger partial charge >= 0.3 is 5.69 Å². The molecule has 4 rings (SSSR count). The number of aryl methyl sites for hydroxylation is 1. The quantitative estimate of drug-likeness (QED) is 0.503. The van der Waals surface area contributed by atoms with E-state index in [0.29, 0.717) is 31.5 Å². The molecule has 9 heteroatoms. The van der Waals surface area contributed by atoms with Crippen LogP contribution >= 0.6 is 0 Å². The van der Waals surface area contributed by atoms with E-state index >= 15 is 0 Å². The third kappa shape index (κ3) is 3.56. The van der Waals surface area contributed by atoms with Gasteiger partial charge in [0.1, 0.15) is 6.04 Å². The van der Waals surface area contributed by atoms with Crippen molar-refractivity contribution in [3.8, 4) is 0 Å². The molecule has 0 radical (unpaired) electrons. The predicted molar refractivity (Wildman–Crippen MR) is 109 cm³/mol. The maximum Gasteiger partial charge on any atom is 0.344 e. The van der Waals surface area contributed by atoms with Crippen molar-refractivity contribution in [3.63, 3.8) is 0 Å². The van der Waals surface area contributed by atoms with Crippen molar-refractivity contribution in [1.82, 2.24) is 19.5 Å². The number of nitrogens with two attached hydrogens (primary N) is 1. The first-order valence-electron chi connectivity index (χ1n) is 9.64. The number of benzene rings is 1. The number of rotatable bonds is 5. The zero-order valence-corrected chi connectivity index (χ0v) is 16.1. The zero-order chi connectivity index (χ0) is 20.5. The Morgan fingerprint density at radius 1 is 1.28 bits per heavy atom. The SMILES string of the molecule is Cc1c[nH]c(=O)n1NC(=O)[C@H]1CCCN1C(=O)[C@@H](N)Cc1c[nH]c2ccccc12. The number of H-pyrrole nitrogens is 2. The number of nitrogens with zero attached hydrogens (tertiary/aromatic N) is 2. The number of carbonyl (C=O) groups is 2. The van der Waals surface area contributed by atoms with Gasteiger partial charge in [0.25, 0.3) is 5.91 Å². The van der Waals surface area contributed by atoms with Crippen LogP contribution in [0.1, 0.15) is 24.1 Å². The Balaban J connectivity index is 1.47.